The van der Waals surface area contributed by atoms with Gasteiger partial charge in [-0.1, -0.05) is 24.3 Å². The van der Waals surface area contributed by atoms with Crippen molar-refractivity contribution in [3.63, 3.8) is 0 Å². The minimum atomic E-state index is -0.469. The average molecular weight is 294 g/mol. The maximum absolute atomic E-state index is 11.0. The van der Waals surface area contributed by atoms with Crippen molar-refractivity contribution in [1.82, 2.24) is 15.5 Å². The normalized spacial score (nSPS) is 10.5. The first-order valence-corrected chi connectivity index (χ1v) is 6.83. The second-order valence-electron chi connectivity index (χ2n) is 3.90. The number of nitrogens with zero attached hydrogens (tertiary/aromatic N) is 3. The van der Waals surface area contributed by atoms with Crippen LogP contribution >= 0.6 is 11.3 Å². The van der Waals surface area contributed by atoms with Gasteiger partial charge in [-0.3, -0.25) is 10.1 Å². The largest absolute Gasteiger partial charge is 0.490 e. The number of aromatic nitrogens is 2. The van der Waals surface area contributed by atoms with E-state index in [1.165, 1.54) is 24.5 Å². The van der Waals surface area contributed by atoms with Gasteiger partial charge in [0.05, 0.1) is 17.6 Å². The Labute approximate surface area is 119 Å². The van der Waals surface area contributed by atoms with Crippen LogP contribution in [0.1, 0.15) is 11.9 Å². The molecule has 8 heteroatoms. The van der Waals surface area contributed by atoms with Crippen molar-refractivity contribution in [1.29, 1.82) is 0 Å². The van der Waals surface area contributed by atoms with Gasteiger partial charge in [0.1, 0.15) is 5.01 Å². The molecule has 2 rings (SSSR count). The Bertz CT molecular complexity index is 614. The molecular weight excluding hydrogens is 280 g/mol. The Balaban J connectivity index is 2.39. The molecule has 0 unspecified atom stereocenters. The number of nitro groups is 1. The highest BCUT2D eigenvalue weighted by molar-refractivity contribution is 7.14. The molecule has 0 saturated heterocycles. The molecule has 0 aliphatic heterocycles. The van der Waals surface area contributed by atoms with Crippen molar-refractivity contribution in [3.8, 4) is 16.3 Å². The van der Waals surface area contributed by atoms with Crippen LogP contribution in [0.25, 0.3) is 10.6 Å². The van der Waals surface area contributed by atoms with Gasteiger partial charge in [0.2, 0.25) is 5.75 Å². The molecule has 1 aromatic heterocycles. The number of nitrogens with one attached hydrogen (secondary N) is 1. The molecular formula is C12H14N4O3S. The van der Waals surface area contributed by atoms with Gasteiger partial charge in [-0.2, -0.15) is 0 Å². The van der Waals surface area contributed by atoms with E-state index < -0.39 is 4.92 Å². The number of rotatable bonds is 6. The smallest absolute Gasteiger partial charge is 0.311 e. The molecule has 0 aliphatic carbocycles. The summed E-state index contributed by atoms with van der Waals surface area (Å²) in [5, 5.41) is 23.7. The second kappa shape index (κ2) is 6.40. The molecule has 0 spiro atoms. The fourth-order valence-corrected chi connectivity index (χ4v) is 2.55. The number of nitro benzene ring substituents is 1. The van der Waals surface area contributed by atoms with Crippen LogP contribution in [0, 0.1) is 10.1 Å². The monoisotopic (exact) mass is 294 g/mol. The van der Waals surface area contributed by atoms with Crippen LogP contribution in [-0.2, 0) is 6.54 Å². The van der Waals surface area contributed by atoms with Crippen LogP contribution in [0.5, 0.6) is 5.75 Å². The average Bonchev–Trinajstić information content (AvgIpc) is 2.92. The summed E-state index contributed by atoms with van der Waals surface area (Å²) >= 11 is 1.39. The second-order valence-corrected chi connectivity index (χ2v) is 4.96. The van der Waals surface area contributed by atoms with Gasteiger partial charge in [0.15, 0.2) is 5.01 Å². The van der Waals surface area contributed by atoms with Crippen molar-refractivity contribution in [2.45, 2.75) is 13.5 Å². The van der Waals surface area contributed by atoms with E-state index in [0.29, 0.717) is 17.1 Å². The maximum Gasteiger partial charge on any atom is 0.311 e. The summed E-state index contributed by atoms with van der Waals surface area (Å²) in [6, 6.07) is 4.76. The Kier molecular flexibility index (Phi) is 4.59. The molecule has 0 fully saturated rings. The Hall–Kier alpha value is -2.06. The van der Waals surface area contributed by atoms with Crippen LogP contribution in [0.15, 0.2) is 18.2 Å². The standard InChI is InChI=1S/C12H14N4O3S/c1-3-13-7-10-14-15-12(20-10)8-5-4-6-9(16(17)18)11(8)19-2/h4-6,13H,3,7H2,1-2H3. The van der Waals surface area contributed by atoms with Crippen molar-refractivity contribution in [3.05, 3.63) is 33.3 Å². The van der Waals surface area contributed by atoms with Crippen molar-refractivity contribution in [2.24, 2.45) is 0 Å². The number of para-hydroxylation sites is 1. The summed E-state index contributed by atoms with van der Waals surface area (Å²) in [4.78, 5) is 10.5. The summed E-state index contributed by atoms with van der Waals surface area (Å²) in [6.07, 6.45) is 0. The van der Waals surface area contributed by atoms with Crippen molar-refractivity contribution >= 4 is 17.0 Å². The highest BCUT2D eigenvalue weighted by atomic mass is 32.1. The summed E-state index contributed by atoms with van der Waals surface area (Å²) in [7, 11) is 1.41. The van der Waals surface area contributed by atoms with Gasteiger partial charge in [-0.05, 0) is 12.6 Å². The fourth-order valence-electron chi connectivity index (χ4n) is 1.72. The van der Waals surface area contributed by atoms with E-state index in [1.807, 2.05) is 6.92 Å². The molecule has 20 heavy (non-hydrogen) atoms. The predicted molar refractivity (Wildman–Crippen MR) is 75.9 cm³/mol. The van der Waals surface area contributed by atoms with Gasteiger partial charge in [-0.15, -0.1) is 10.2 Å². The first kappa shape index (κ1) is 14.4. The highest BCUT2D eigenvalue weighted by Gasteiger charge is 2.21. The zero-order chi connectivity index (χ0) is 14.5. The minimum Gasteiger partial charge on any atom is -0.490 e. The zero-order valence-corrected chi connectivity index (χ0v) is 11.9. The third-order valence-electron chi connectivity index (χ3n) is 2.62. The Morgan fingerprint density at radius 1 is 1.45 bits per heavy atom. The molecule has 7 nitrogen and oxygen atoms in total. The van der Waals surface area contributed by atoms with E-state index in [1.54, 1.807) is 12.1 Å². The lowest BCUT2D eigenvalue weighted by Gasteiger charge is -2.05. The molecule has 0 aliphatic rings. The predicted octanol–water partition coefficient (Wildman–Crippen LogP) is 2.23. The third-order valence-corrected chi connectivity index (χ3v) is 3.58. The molecule has 1 heterocycles. The van der Waals surface area contributed by atoms with E-state index in [-0.39, 0.29) is 11.4 Å². The van der Waals surface area contributed by atoms with E-state index in [9.17, 15) is 10.1 Å². The van der Waals surface area contributed by atoms with Crippen LogP contribution in [0.2, 0.25) is 0 Å². The molecule has 0 saturated carbocycles. The molecule has 0 radical (unpaired) electrons. The van der Waals surface area contributed by atoms with E-state index in [2.05, 4.69) is 15.5 Å². The maximum atomic E-state index is 11.0. The molecule has 0 bridgehead atoms. The first-order chi connectivity index (χ1) is 9.67. The summed E-state index contributed by atoms with van der Waals surface area (Å²) in [5.74, 6) is 0.212. The van der Waals surface area contributed by atoms with Crippen molar-refractivity contribution in [2.75, 3.05) is 13.7 Å². The molecule has 1 aromatic carbocycles. The summed E-state index contributed by atoms with van der Waals surface area (Å²) < 4.78 is 5.16. The quantitative estimate of drug-likeness (QED) is 0.649. The Morgan fingerprint density at radius 2 is 2.25 bits per heavy atom. The zero-order valence-electron chi connectivity index (χ0n) is 11.1. The van der Waals surface area contributed by atoms with Crippen molar-refractivity contribution < 1.29 is 9.66 Å². The number of hydrogen-bond donors (Lipinski definition) is 1. The SMILES string of the molecule is CCNCc1nnc(-c2cccc([N+](=O)[O-])c2OC)s1. The van der Waals surface area contributed by atoms with E-state index >= 15 is 0 Å². The van der Waals surface area contributed by atoms with Gasteiger partial charge in [0.25, 0.3) is 0 Å². The molecule has 2 aromatic rings. The van der Waals surface area contributed by atoms with E-state index in [0.717, 1.165) is 11.6 Å². The van der Waals surface area contributed by atoms with Crippen LogP contribution < -0.4 is 10.1 Å². The summed E-state index contributed by atoms with van der Waals surface area (Å²) in [6.45, 7) is 3.48. The van der Waals surface area contributed by atoms with Gasteiger partial charge in [0, 0.05) is 12.6 Å². The van der Waals surface area contributed by atoms with E-state index in [4.69, 9.17) is 4.74 Å². The number of hydrogen-bond acceptors (Lipinski definition) is 7. The van der Waals surface area contributed by atoms with Crippen LogP contribution in [0.4, 0.5) is 5.69 Å². The molecule has 0 atom stereocenters. The van der Waals surface area contributed by atoms with Gasteiger partial charge < -0.3 is 10.1 Å². The molecule has 0 amide bonds. The Morgan fingerprint density at radius 3 is 2.90 bits per heavy atom. The lowest BCUT2D eigenvalue weighted by atomic mass is 10.2. The summed E-state index contributed by atoms with van der Waals surface area (Å²) in [5.41, 5.74) is 0.510. The number of ether oxygens (including phenoxy) is 1. The highest BCUT2D eigenvalue weighted by Crippen LogP contribution is 2.38. The number of benzene rings is 1. The topological polar surface area (TPSA) is 90.2 Å². The van der Waals surface area contributed by atoms with Crippen LogP contribution in [-0.4, -0.2) is 28.8 Å². The van der Waals surface area contributed by atoms with Crippen LogP contribution in [0.3, 0.4) is 0 Å². The first-order valence-electron chi connectivity index (χ1n) is 6.02. The molecule has 1 N–H and O–H groups in total. The lowest BCUT2D eigenvalue weighted by Crippen LogP contribution is -2.11. The fraction of sp³-hybridized carbons (Fsp3) is 0.333. The lowest BCUT2D eigenvalue weighted by molar-refractivity contribution is -0.385. The third kappa shape index (κ3) is 2.91. The molecule has 106 valence electrons. The van der Waals surface area contributed by atoms with Gasteiger partial charge in [-0.25, -0.2) is 0 Å². The van der Waals surface area contributed by atoms with Gasteiger partial charge >= 0.3 is 5.69 Å². The minimum absolute atomic E-state index is 0.0755. The number of methoxy groups -OCH3 is 1.